The van der Waals surface area contributed by atoms with E-state index < -0.39 is 78.2 Å². The molecule has 1 fully saturated rings. The molecule has 0 aliphatic carbocycles. The first-order valence-corrected chi connectivity index (χ1v) is 11.2. The lowest BCUT2D eigenvalue weighted by Crippen LogP contribution is -2.40. The molecule has 0 saturated carbocycles. The minimum Gasteiger partial charge on any atom is -0.463 e. The van der Waals surface area contributed by atoms with E-state index in [2.05, 4.69) is 26.7 Å². The highest BCUT2D eigenvalue weighted by Crippen LogP contribution is 2.35. The van der Waals surface area contributed by atoms with Crippen LogP contribution in [-0.2, 0) is 44.2 Å². The zero-order valence-corrected chi connectivity index (χ0v) is 21.0. The molecule has 1 aromatic heterocycles. The van der Waals surface area contributed by atoms with Crippen molar-refractivity contribution in [1.29, 1.82) is 0 Å². The molecule has 39 heavy (non-hydrogen) atoms. The quantitative estimate of drug-likeness (QED) is 0.293. The molecular weight excluding hydrogens is 531 g/mol. The van der Waals surface area contributed by atoms with Gasteiger partial charge in [0.1, 0.15) is 12.7 Å². The molecule has 4 atom stereocenters. The minimum absolute atomic E-state index is 0.371. The standard InChI is InChI=1S/C24H22F3N3O9/c1-12(31)36-11-17-19(37-13(2)32)20(38-14(3)33)22(39-17)30-18(28-21(29-30)23(34)35-4)10-9-15-7-5-6-8-16(15)24(25,26)27/h5-8,17,19-20,22H,11H2,1-4H3/t17-,19?,20?,22-/m1/s1. The van der Waals surface area contributed by atoms with Crippen LogP contribution >= 0.6 is 0 Å². The number of rotatable bonds is 6. The number of hydrogen-bond acceptors (Lipinski definition) is 11. The predicted molar refractivity (Wildman–Crippen MR) is 120 cm³/mol. The molecule has 1 saturated heterocycles. The summed E-state index contributed by atoms with van der Waals surface area (Å²) in [5, 5.41) is 3.99. The molecule has 15 heteroatoms. The Balaban J connectivity index is 2.14. The van der Waals surface area contributed by atoms with Crippen molar-refractivity contribution in [3.63, 3.8) is 0 Å². The third-order valence-electron chi connectivity index (χ3n) is 5.12. The van der Waals surface area contributed by atoms with Gasteiger partial charge in [-0.05, 0) is 18.1 Å². The van der Waals surface area contributed by atoms with Crippen molar-refractivity contribution in [1.82, 2.24) is 14.8 Å². The highest BCUT2D eigenvalue weighted by atomic mass is 19.4. The van der Waals surface area contributed by atoms with Crippen LogP contribution in [-0.4, -0.2) is 70.7 Å². The third-order valence-corrected chi connectivity index (χ3v) is 5.12. The van der Waals surface area contributed by atoms with Crippen molar-refractivity contribution >= 4 is 23.9 Å². The van der Waals surface area contributed by atoms with E-state index in [1.807, 2.05) is 0 Å². The first-order chi connectivity index (χ1) is 18.3. The second-order valence-electron chi connectivity index (χ2n) is 8.00. The van der Waals surface area contributed by atoms with Crippen molar-refractivity contribution in [3.05, 3.63) is 47.0 Å². The number of nitrogens with zero attached hydrogens (tertiary/aromatic N) is 3. The Morgan fingerprint density at radius 3 is 2.23 bits per heavy atom. The number of hydrogen-bond donors (Lipinski definition) is 0. The van der Waals surface area contributed by atoms with E-state index in [1.165, 1.54) is 12.1 Å². The molecule has 1 aromatic carbocycles. The van der Waals surface area contributed by atoms with E-state index in [0.717, 1.165) is 44.7 Å². The van der Waals surface area contributed by atoms with Gasteiger partial charge in [-0.15, -0.1) is 5.10 Å². The summed E-state index contributed by atoms with van der Waals surface area (Å²) in [7, 11) is 1.05. The Kier molecular flexibility index (Phi) is 8.92. The summed E-state index contributed by atoms with van der Waals surface area (Å²) in [5.41, 5.74) is -1.41. The van der Waals surface area contributed by atoms with Gasteiger partial charge in [0, 0.05) is 26.3 Å². The van der Waals surface area contributed by atoms with Gasteiger partial charge in [0.2, 0.25) is 5.82 Å². The van der Waals surface area contributed by atoms with Gasteiger partial charge < -0.3 is 23.7 Å². The number of methoxy groups -OCH3 is 1. The van der Waals surface area contributed by atoms with Gasteiger partial charge >= 0.3 is 30.1 Å². The van der Waals surface area contributed by atoms with E-state index in [-0.39, 0.29) is 5.82 Å². The van der Waals surface area contributed by atoms with Gasteiger partial charge in [-0.3, -0.25) is 14.4 Å². The molecule has 0 N–H and O–H groups in total. The summed E-state index contributed by atoms with van der Waals surface area (Å²) < 4.78 is 67.2. The average Bonchev–Trinajstić information content (AvgIpc) is 3.41. The van der Waals surface area contributed by atoms with Gasteiger partial charge in [-0.1, -0.05) is 18.1 Å². The molecule has 0 spiro atoms. The minimum atomic E-state index is -4.70. The second kappa shape index (κ2) is 11.9. The molecular formula is C24H22F3N3O9. The van der Waals surface area contributed by atoms with E-state index in [1.54, 1.807) is 0 Å². The van der Waals surface area contributed by atoms with E-state index in [0.29, 0.717) is 0 Å². The maximum atomic E-state index is 13.4. The Bertz CT molecular complexity index is 1330. The first-order valence-electron chi connectivity index (χ1n) is 11.2. The zero-order chi connectivity index (χ0) is 28.9. The van der Waals surface area contributed by atoms with Crippen molar-refractivity contribution in [2.24, 2.45) is 0 Å². The van der Waals surface area contributed by atoms with Crippen LogP contribution in [0.3, 0.4) is 0 Å². The molecule has 2 aromatic rings. The Morgan fingerprint density at radius 2 is 1.64 bits per heavy atom. The van der Waals surface area contributed by atoms with Crippen molar-refractivity contribution < 1.29 is 56.0 Å². The molecule has 12 nitrogen and oxygen atoms in total. The fraction of sp³-hybridized carbons (Fsp3) is 0.417. The number of ether oxygens (including phenoxy) is 5. The lowest BCUT2D eigenvalue weighted by molar-refractivity contribution is -0.166. The molecule has 2 heterocycles. The van der Waals surface area contributed by atoms with Gasteiger partial charge in [-0.25, -0.2) is 9.48 Å². The van der Waals surface area contributed by atoms with Crippen LogP contribution in [0.25, 0.3) is 0 Å². The Morgan fingerprint density at radius 1 is 1.00 bits per heavy atom. The molecule has 208 valence electrons. The molecule has 0 bridgehead atoms. The lowest BCUT2D eigenvalue weighted by Gasteiger charge is -2.23. The van der Waals surface area contributed by atoms with Crippen LogP contribution in [0.4, 0.5) is 13.2 Å². The Labute approximate surface area is 219 Å². The normalized spacial score (nSPS) is 20.4. The van der Waals surface area contributed by atoms with Gasteiger partial charge in [-0.2, -0.15) is 18.2 Å². The van der Waals surface area contributed by atoms with Gasteiger partial charge in [0.05, 0.1) is 12.7 Å². The van der Waals surface area contributed by atoms with Crippen molar-refractivity contribution in [3.8, 4) is 11.8 Å². The Hall–Kier alpha value is -4.45. The molecule has 0 radical (unpaired) electrons. The highest BCUT2D eigenvalue weighted by Gasteiger charge is 2.51. The van der Waals surface area contributed by atoms with Crippen molar-refractivity contribution in [2.45, 2.75) is 51.5 Å². The first kappa shape index (κ1) is 29.1. The monoisotopic (exact) mass is 553 g/mol. The number of aromatic nitrogens is 3. The lowest BCUT2D eigenvalue weighted by atomic mass is 10.1. The summed E-state index contributed by atoms with van der Waals surface area (Å²) in [5.74, 6) is 0.577. The largest absolute Gasteiger partial charge is 0.463 e. The third kappa shape index (κ3) is 7.11. The van der Waals surface area contributed by atoms with Crippen LogP contribution in [0.2, 0.25) is 0 Å². The number of halogens is 3. The summed E-state index contributed by atoms with van der Waals surface area (Å²) in [6.07, 6.45) is -10.1. The van der Waals surface area contributed by atoms with Crippen LogP contribution in [0, 0.1) is 11.8 Å². The number of carbonyl (C=O) groups excluding carboxylic acids is 4. The average molecular weight is 553 g/mol. The fourth-order valence-electron chi connectivity index (χ4n) is 3.62. The van der Waals surface area contributed by atoms with Crippen LogP contribution in [0.5, 0.6) is 0 Å². The molecule has 3 rings (SSSR count). The number of esters is 4. The van der Waals surface area contributed by atoms with Crippen LogP contribution in [0.15, 0.2) is 24.3 Å². The van der Waals surface area contributed by atoms with Gasteiger partial charge in [0.25, 0.3) is 5.82 Å². The van der Waals surface area contributed by atoms with E-state index in [9.17, 15) is 32.3 Å². The predicted octanol–water partition coefficient (Wildman–Crippen LogP) is 1.81. The summed E-state index contributed by atoms with van der Waals surface area (Å²) in [4.78, 5) is 51.2. The van der Waals surface area contributed by atoms with Crippen LogP contribution in [0.1, 0.15) is 54.6 Å². The smallest absolute Gasteiger partial charge is 0.417 e. The zero-order valence-electron chi connectivity index (χ0n) is 21.0. The fourth-order valence-corrected chi connectivity index (χ4v) is 3.62. The molecule has 1 aliphatic rings. The number of carbonyl (C=O) groups is 4. The molecule has 1 aliphatic heterocycles. The second-order valence-corrected chi connectivity index (χ2v) is 8.00. The number of alkyl halides is 3. The SMILES string of the molecule is COC(=O)c1nc(C#Cc2ccccc2C(F)(F)F)n([C@@H]2O[C@H](COC(C)=O)C(OC(C)=O)C2OC(C)=O)n1. The van der Waals surface area contributed by atoms with Crippen molar-refractivity contribution in [2.75, 3.05) is 13.7 Å². The van der Waals surface area contributed by atoms with E-state index >= 15 is 0 Å². The topological polar surface area (TPSA) is 145 Å². The number of benzene rings is 1. The highest BCUT2D eigenvalue weighted by molar-refractivity contribution is 5.85. The molecule has 2 unspecified atom stereocenters. The maximum Gasteiger partial charge on any atom is 0.417 e. The van der Waals surface area contributed by atoms with E-state index in [4.69, 9.17) is 18.9 Å². The summed E-state index contributed by atoms with van der Waals surface area (Å²) in [6, 6.07) is 4.52. The summed E-state index contributed by atoms with van der Waals surface area (Å²) in [6.45, 7) is 2.85. The maximum absolute atomic E-state index is 13.4. The molecule has 0 amide bonds. The van der Waals surface area contributed by atoms with Gasteiger partial charge in [0.15, 0.2) is 18.4 Å². The van der Waals surface area contributed by atoms with Crippen LogP contribution < -0.4 is 0 Å². The summed E-state index contributed by atoms with van der Waals surface area (Å²) >= 11 is 0.